The maximum Gasteiger partial charge on any atom is 0.337 e. The highest BCUT2D eigenvalue weighted by molar-refractivity contribution is 9.10. The van der Waals surface area contributed by atoms with Crippen LogP contribution in [0.15, 0.2) is 50.9 Å². The third-order valence-electron chi connectivity index (χ3n) is 2.27. The number of nitrogens with zero attached hydrogens (tertiary/aromatic N) is 2. The van der Waals surface area contributed by atoms with E-state index in [1.165, 1.54) is 24.0 Å². The molecule has 0 fully saturated rings. The fourth-order valence-corrected chi connectivity index (χ4v) is 2.75. The number of hydrogen-bond donors (Lipinski definition) is 1. The molecule has 1 aromatic carbocycles. The van der Waals surface area contributed by atoms with Crippen molar-refractivity contribution >= 4 is 33.7 Å². The van der Waals surface area contributed by atoms with Crippen molar-refractivity contribution in [1.29, 1.82) is 5.26 Å². The second-order valence-electron chi connectivity index (χ2n) is 3.55. The van der Waals surface area contributed by atoms with Gasteiger partial charge >= 0.3 is 5.97 Å². The van der Waals surface area contributed by atoms with Crippen molar-refractivity contribution in [3.63, 3.8) is 0 Å². The van der Waals surface area contributed by atoms with Gasteiger partial charge in [-0.25, -0.2) is 9.78 Å². The largest absolute Gasteiger partial charge is 0.478 e. The third kappa shape index (κ3) is 3.34. The van der Waals surface area contributed by atoms with E-state index in [4.69, 9.17) is 10.4 Å². The van der Waals surface area contributed by atoms with Crippen molar-refractivity contribution in [2.45, 2.75) is 9.92 Å². The van der Waals surface area contributed by atoms with Crippen molar-refractivity contribution in [1.82, 2.24) is 4.98 Å². The second-order valence-corrected chi connectivity index (χ2v) is 5.49. The van der Waals surface area contributed by atoms with Crippen LogP contribution in [-0.4, -0.2) is 16.1 Å². The highest BCUT2D eigenvalue weighted by Gasteiger charge is 2.06. The summed E-state index contributed by atoms with van der Waals surface area (Å²) in [5, 5.41) is 18.3. The van der Waals surface area contributed by atoms with Crippen LogP contribution >= 0.6 is 27.7 Å². The lowest BCUT2D eigenvalue weighted by molar-refractivity contribution is 0.0696. The highest BCUT2D eigenvalue weighted by atomic mass is 79.9. The Morgan fingerprint density at radius 2 is 2.16 bits per heavy atom. The molecule has 0 aliphatic carbocycles. The molecule has 0 saturated heterocycles. The summed E-state index contributed by atoms with van der Waals surface area (Å²) in [5.74, 6) is -0.995. The molecule has 0 atom stereocenters. The first kappa shape index (κ1) is 13.6. The Labute approximate surface area is 122 Å². The van der Waals surface area contributed by atoms with E-state index in [1.807, 2.05) is 12.1 Å². The van der Waals surface area contributed by atoms with E-state index in [2.05, 4.69) is 27.0 Å². The summed E-state index contributed by atoms with van der Waals surface area (Å²) >= 11 is 4.72. The zero-order valence-corrected chi connectivity index (χ0v) is 11.9. The molecule has 0 amide bonds. The summed E-state index contributed by atoms with van der Waals surface area (Å²) < 4.78 is 0.724. The van der Waals surface area contributed by atoms with Crippen LogP contribution in [0.5, 0.6) is 0 Å². The van der Waals surface area contributed by atoms with Crippen molar-refractivity contribution in [2.24, 2.45) is 0 Å². The van der Waals surface area contributed by atoms with Crippen LogP contribution in [-0.2, 0) is 0 Å². The maximum atomic E-state index is 10.7. The van der Waals surface area contributed by atoms with E-state index in [0.29, 0.717) is 10.6 Å². The Kier molecular flexibility index (Phi) is 4.20. The molecule has 1 heterocycles. The Bertz CT molecular complexity index is 665. The molecule has 4 nitrogen and oxygen atoms in total. The molecule has 0 saturated carbocycles. The first-order chi connectivity index (χ1) is 9.10. The quantitative estimate of drug-likeness (QED) is 0.928. The Morgan fingerprint density at radius 1 is 1.37 bits per heavy atom. The molecular formula is C13H7BrN2O2S. The van der Waals surface area contributed by atoms with Crippen molar-refractivity contribution in [2.75, 3.05) is 0 Å². The number of nitriles is 1. The molecule has 0 bridgehead atoms. The first-order valence-electron chi connectivity index (χ1n) is 5.17. The van der Waals surface area contributed by atoms with Crippen LogP contribution in [0.1, 0.15) is 15.9 Å². The van der Waals surface area contributed by atoms with Gasteiger partial charge in [0.2, 0.25) is 0 Å². The lowest BCUT2D eigenvalue weighted by atomic mass is 10.2. The molecule has 0 spiro atoms. The SMILES string of the molecule is N#Cc1ccc(Sc2ccc(C(=O)O)cn2)cc1Br. The predicted molar refractivity (Wildman–Crippen MR) is 74.2 cm³/mol. The van der Waals surface area contributed by atoms with Crippen LogP contribution in [0.25, 0.3) is 0 Å². The highest BCUT2D eigenvalue weighted by Crippen LogP contribution is 2.29. The summed E-state index contributed by atoms with van der Waals surface area (Å²) in [6, 6.07) is 10.6. The summed E-state index contributed by atoms with van der Waals surface area (Å²) in [4.78, 5) is 15.7. The van der Waals surface area contributed by atoms with Crippen molar-refractivity contribution in [3.8, 4) is 6.07 Å². The van der Waals surface area contributed by atoms with Crippen LogP contribution in [0, 0.1) is 11.3 Å². The molecule has 94 valence electrons. The zero-order chi connectivity index (χ0) is 13.8. The van der Waals surface area contributed by atoms with Crippen LogP contribution < -0.4 is 0 Å². The normalized spacial score (nSPS) is 9.89. The van der Waals surface area contributed by atoms with E-state index in [-0.39, 0.29) is 5.56 Å². The van der Waals surface area contributed by atoms with Gasteiger partial charge in [-0.05, 0) is 46.3 Å². The van der Waals surface area contributed by atoms with Gasteiger partial charge in [0.25, 0.3) is 0 Å². The van der Waals surface area contributed by atoms with E-state index in [1.54, 1.807) is 12.1 Å². The minimum absolute atomic E-state index is 0.158. The van der Waals surface area contributed by atoms with E-state index in [0.717, 1.165) is 9.37 Å². The number of aromatic nitrogens is 1. The summed E-state index contributed by atoms with van der Waals surface area (Å²) in [6.07, 6.45) is 1.32. The maximum absolute atomic E-state index is 10.7. The molecular weight excluding hydrogens is 328 g/mol. The molecule has 0 aliphatic heterocycles. The van der Waals surface area contributed by atoms with E-state index in [9.17, 15) is 4.79 Å². The Balaban J connectivity index is 2.19. The number of rotatable bonds is 3. The number of aromatic carboxylic acids is 1. The van der Waals surface area contributed by atoms with E-state index >= 15 is 0 Å². The average Bonchev–Trinajstić information content (AvgIpc) is 2.39. The lowest BCUT2D eigenvalue weighted by Gasteiger charge is -2.03. The van der Waals surface area contributed by atoms with Crippen LogP contribution in [0.2, 0.25) is 0 Å². The fourth-order valence-electron chi connectivity index (χ4n) is 1.34. The predicted octanol–water partition coefficient (Wildman–Crippen LogP) is 3.57. The molecule has 1 aromatic heterocycles. The molecule has 0 unspecified atom stereocenters. The van der Waals surface area contributed by atoms with Gasteiger partial charge in [0.1, 0.15) is 11.1 Å². The van der Waals surface area contributed by atoms with Gasteiger partial charge in [0, 0.05) is 15.6 Å². The van der Waals surface area contributed by atoms with Gasteiger partial charge in [-0.1, -0.05) is 11.8 Å². The van der Waals surface area contributed by atoms with E-state index < -0.39 is 5.97 Å². The first-order valence-corrected chi connectivity index (χ1v) is 6.78. The second kappa shape index (κ2) is 5.87. The summed E-state index contributed by atoms with van der Waals surface area (Å²) in [6.45, 7) is 0. The number of carbonyl (C=O) groups is 1. The molecule has 6 heteroatoms. The van der Waals surface area contributed by atoms with Gasteiger partial charge in [-0.15, -0.1) is 0 Å². The monoisotopic (exact) mass is 334 g/mol. The zero-order valence-electron chi connectivity index (χ0n) is 9.50. The number of hydrogen-bond acceptors (Lipinski definition) is 4. The minimum atomic E-state index is -0.995. The molecule has 2 rings (SSSR count). The van der Waals surface area contributed by atoms with Crippen molar-refractivity contribution in [3.05, 3.63) is 52.1 Å². The molecule has 2 aromatic rings. The van der Waals surface area contributed by atoms with Gasteiger partial charge in [-0.3, -0.25) is 0 Å². The number of pyridine rings is 1. The Morgan fingerprint density at radius 3 is 2.68 bits per heavy atom. The Hall–Kier alpha value is -1.84. The number of benzene rings is 1. The van der Waals surface area contributed by atoms with Gasteiger partial charge < -0.3 is 5.11 Å². The molecule has 19 heavy (non-hydrogen) atoms. The fraction of sp³-hybridized carbons (Fsp3) is 0. The smallest absolute Gasteiger partial charge is 0.337 e. The van der Waals surface area contributed by atoms with Gasteiger partial charge in [0.15, 0.2) is 0 Å². The lowest BCUT2D eigenvalue weighted by Crippen LogP contribution is -1.96. The minimum Gasteiger partial charge on any atom is -0.478 e. The van der Waals surface area contributed by atoms with Crippen LogP contribution in [0.4, 0.5) is 0 Å². The summed E-state index contributed by atoms with van der Waals surface area (Å²) in [5.41, 5.74) is 0.726. The van der Waals surface area contributed by atoms with Crippen molar-refractivity contribution < 1.29 is 9.90 Å². The summed E-state index contributed by atoms with van der Waals surface area (Å²) in [7, 11) is 0. The number of carboxylic acids is 1. The molecule has 1 N–H and O–H groups in total. The average molecular weight is 335 g/mol. The standard InChI is InChI=1S/C13H7BrN2O2S/c14-11-5-10(3-1-8(11)6-15)19-12-4-2-9(7-16-12)13(17)18/h1-5,7H,(H,17,18). The van der Waals surface area contributed by atoms with Gasteiger partial charge in [0.05, 0.1) is 11.1 Å². The molecule has 0 aliphatic rings. The molecule has 0 radical (unpaired) electrons. The van der Waals surface area contributed by atoms with Crippen LogP contribution in [0.3, 0.4) is 0 Å². The number of carboxylic acid groups (broad SMARTS) is 1. The van der Waals surface area contributed by atoms with Gasteiger partial charge in [-0.2, -0.15) is 5.26 Å². The third-order valence-corrected chi connectivity index (χ3v) is 3.86. The number of halogens is 1. The topological polar surface area (TPSA) is 74.0 Å².